The van der Waals surface area contributed by atoms with Gasteiger partial charge in [-0.05, 0) is 29.0 Å². The number of ether oxygens (including phenoxy) is 1. The molecule has 1 aliphatic rings. The van der Waals surface area contributed by atoms with E-state index in [0.29, 0.717) is 17.9 Å². The van der Waals surface area contributed by atoms with Crippen LogP contribution in [0.15, 0.2) is 48.6 Å². The lowest BCUT2D eigenvalue weighted by molar-refractivity contribution is 0.104. The zero-order chi connectivity index (χ0) is 11.0. The molecule has 0 aromatic heterocycles. The Morgan fingerprint density at radius 3 is 2.88 bits per heavy atom. The minimum absolute atomic E-state index is 0.0179. The van der Waals surface area contributed by atoms with E-state index in [0.717, 1.165) is 10.8 Å². The van der Waals surface area contributed by atoms with E-state index < -0.39 is 0 Å². The van der Waals surface area contributed by atoms with E-state index >= 15 is 0 Å². The van der Waals surface area contributed by atoms with Crippen molar-refractivity contribution in [3.05, 3.63) is 54.1 Å². The van der Waals surface area contributed by atoms with Gasteiger partial charge in [0.05, 0.1) is 5.56 Å². The summed E-state index contributed by atoms with van der Waals surface area (Å²) < 4.78 is 5.52. The largest absolute Gasteiger partial charge is 0.489 e. The van der Waals surface area contributed by atoms with E-state index in [4.69, 9.17) is 4.74 Å². The lowest BCUT2D eigenvalue weighted by Gasteiger charge is -2.08. The van der Waals surface area contributed by atoms with E-state index in [9.17, 15) is 4.79 Å². The normalized spacial score (nSPS) is 14.4. The first-order valence-corrected chi connectivity index (χ1v) is 5.22. The Kier molecular flexibility index (Phi) is 2.00. The summed E-state index contributed by atoms with van der Waals surface area (Å²) in [6, 6.07) is 11.7. The monoisotopic (exact) mass is 210 g/mol. The van der Waals surface area contributed by atoms with E-state index in [-0.39, 0.29) is 5.78 Å². The van der Waals surface area contributed by atoms with Crippen LogP contribution in [0, 0.1) is 0 Å². The molecule has 0 saturated heterocycles. The second kappa shape index (κ2) is 3.49. The summed E-state index contributed by atoms with van der Waals surface area (Å²) in [5.41, 5.74) is 0.673. The number of carbonyl (C=O) groups excluding carboxylic acids is 1. The summed E-state index contributed by atoms with van der Waals surface area (Å²) >= 11 is 0. The van der Waals surface area contributed by atoms with Crippen molar-refractivity contribution in [1.82, 2.24) is 0 Å². The summed E-state index contributed by atoms with van der Waals surface area (Å²) in [6.07, 6.45) is 3.33. The van der Waals surface area contributed by atoms with Crippen LogP contribution in [-0.2, 0) is 0 Å². The molecule has 2 aromatic rings. The van der Waals surface area contributed by atoms with Crippen molar-refractivity contribution >= 4 is 16.6 Å². The number of rotatable bonds is 0. The van der Waals surface area contributed by atoms with Gasteiger partial charge in [0, 0.05) is 0 Å². The standard InChI is InChI=1S/C14H10O2/c15-12-6-3-9-16-13-8-7-10-4-1-2-5-11(10)14(12)13/h1-8H,9H2. The molecular weight excluding hydrogens is 200 g/mol. The molecule has 0 amide bonds. The molecule has 0 atom stereocenters. The molecule has 2 nitrogen and oxygen atoms in total. The molecule has 16 heavy (non-hydrogen) atoms. The maximum absolute atomic E-state index is 12.0. The predicted molar refractivity (Wildman–Crippen MR) is 62.9 cm³/mol. The Bertz CT molecular complexity index is 597. The fraction of sp³-hybridized carbons (Fsp3) is 0.0714. The summed E-state index contributed by atoms with van der Waals surface area (Å²) in [5.74, 6) is 0.693. The van der Waals surface area contributed by atoms with E-state index in [2.05, 4.69) is 0 Å². The van der Waals surface area contributed by atoms with Crippen molar-refractivity contribution in [2.24, 2.45) is 0 Å². The lowest BCUT2D eigenvalue weighted by Crippen LogP contribution is -1.98. The van der Waals surface area contributed by atoms with E-state index in [1.165, 1.54) is 0 Å². The third-order valence-electron chi connectivity index (χ3n) is 2.74. The lowest BCUT2D eigenvalue weighted by atomic mass is 10.0. The van der Waals surface area contributed by atoms with Gasteiger partial charge < -0.3 is 4.74 Å². The molecule has 78 valence electrons. The zero-order valence-corrected chi connectivity index (χ0v) is 8.64. The van der Waals surface area contributed by atoms with Crippen molar-refractivity contribution in [2.45, 2.75) is 0 Å². The highest BCUT2D eigenvalue weighted by Gasteiger charge is 2.15. The number of hydrogen-bond acceptors (Lipinski definition) is 2. The van der Waals surface area contributed by atoms with E-state index in [1.807, 2.05) is 36.4 Å². The molecule has 0 radical (unpaired) electrons. The van der Waals surface area contributed by atoms with Gasteiger partial charge in [0.25, 0.3) is 0 Å². The molecule has 2 heteroatoms. The van der Waals surface area contributed by atoms with Crippen LogP contribution < -0.4 is 4.74 Å². The summed E-state index contributed by atoms with van der Waals surface area (Å²) in [7, 11) is 0. The van der Waals surface area contributed by atoms with Crippen LogP contribution in [0.1, 0.15) is 10.4 Å². The SMILES string of the molecule is O=C1C=CCOc2ccc3ccccc3c21. The average molecular weight is 210 g/mol. The smallest absolute Gasteiger partial charge is 0.189 e. The molecule has 1 heterocycles. The molecular formula is C14H10O2. The Balaban J connectivity index is 2.39. The van der Waals surface area contributed by atoms with Crippen molar-refractivity contribution in [3.8, 4) is 5.75 Å². The van der Waals surface area contributed by atoms with Crippen molar-refractivity contribution in [2.75, 3.05) is 6.61 Å². The minimum atomic E-state index is 0.0179. The molecule has 0 fully saturated rings. The number of benzene rings is 2. The van der Waals surface area contributed by atoms with Crippen molar-refractivity contribution in [3.63, 3.8) is 0 Å². The summed E-state index contributed by atoms with van der Waals surface area (Å²) in [5, 5.41) is 2.02. The minimum Gasteiger partial charge on any atom is -0.489 e. The van der Waals surface area contributed by atoms with Crippen molar-refractivity contribution < 1.29 is 9.53 Å². The fourth-order valence-electron chi connectivity index (χ4n) is 2.00. The first-order chi connectivity index (χ1) is 7.86. The number of ketones is 1. The summed E-state index contributed by atoms with van der Waals surface area (Å²) in [4.78, 5) is 12.0. The van der Waals surface area contributed by atoms with Crippen LogP contribution in [0.25, 0.3) is 10.8 Å². The highest BCUT2D eigenvalue weighted by molar-refractivity contribution is 6.15. The van der Waals surface area contributed by atoms with Gasteiger partial charge in [0.1, 0.15) is 12.4 Å². The summed E-state index contributed by atoms with van der Waals surface area (Å²) in [6.45, 7) is 0.455. The van der Waals surface area contributed by atoms with Gasteiger partial charge in [-0.3, -0.25) is 4.79 Å². The predicted octanol–water partition coefficient (Wildman–Crippen LogP) is 2.97. The van der Waals surface area contributed by atoms with Crippen molar-refractivity contribution in [1.29, 1.82) is 0 Å². The highest BCUT2D eigenvalue weighted by Crippen LogP contribution is 2.29. The third-order valence-corrected chi connectivity index (χ3v) is 2.74. The number of fused-ring (bicyclic) bond motifs is 3. The Morgan fingerprint density at radius 2 is 1.94 bits per heavy atom. The van der Waals surface area contributed by atoms with Crippen LogP contribution in [0.5, 0.6) is 5.75 Å². The second-order valence-corrected chi connectivity index (χ2v) is 3.74. The first-order valence-electron chi connectivity index (χ1n) is 5.22. The van der Waals surface area contributed by atoms with E-state index in [1.54, 1.807) is 12.2 Å². The van der Waals surface area contributed by atoms with Gasteiger partial charge in [-0.15, -0.1) is 0 Å². The molecule has 2 aromatic carbocycles. The van der Waals surface area contributed by atoms with Gasteiger partial charge in [0.2, 0.25) is 0 Å². The molecule has 1 aliphatic heterocycles. The molecule has 0 N–H and O–H groups in total. The van der Waals surface area contributed by atoms with Gasteiger partial charge >= 0.3 is 0 Å². The number of allylic oxidation sites excluding steroid dienone is 1. The topological polar surface area (TPSA) is 26.3 Å². The Labute approximate surface area is 93.2 Å². The maximum atomic E-state index is 12.0. The van der Waals surface area contributed by atoms with Crippen LogP contribution in [0.3, 0.4) is 0 Å². The van der Waals surface area contributed by atoms with Crippen LogP contribution >= 0.6 is 0 Å². The molecule has 0 spiro atoms. The average Bonchev–Trinajstić information content (AvgIpc) is 2.51. The molecule has 0 aliphatic carbocycles. The molecule has 0 bridgehead atoms. The van der Waals surface area contributed by atoms with Crippen LogP contribution in [-0.4, -0.2) is 12.4 Å². The van der Waals surface area contributed by atoms with Crippen LogP contribution in [0.2, 0.25) is 0 Å². The molecule has 0 unspecified atom stereocenters. The van der Waals surface area contributed by atoms with Gasteiger partial charge in [-0.25, -0.2) is 0 Å². The second-order valence-electron chi connectivity index (χ2n) is 3.74. The fourth-order valence-corrected chi connectivity index (χ4v) is 2.00. The zero-order valence-electron chi connectivity index (χ0n) is 8.64. The number of carbonyl (C=O) groups is 1. The van der Waals surface area contributed by atoms with Gasteiger partial charge in [-0.1, -0.05) is 30.3 Å². The quantitative estimate of drug-likeness (QED) is 0.668. The molecule has 0 saturated carbocycles. The van der Waals surface area contributed by atoms with Gasteiger partial charge in [0.15, 0.2) is 5.78 Å². The maximum Gasteiger partial charge on any atom is 0.189 e. The number of hydrogen-bond donors (Lipinski definition) is 0. The van der Waals surface area contributed by atoms with Crippen LogP contribution in [0.4, 0.5) is 0 Å². The first kappa shape index (κ1) is 9.16. The Morgan fingerprint density at radius 1 is 1.06 bits per heavy atom. The third kappa shape index (κ3) is 1.31. The highest BCUT2D eigenvalue weighted by atomic mass is 16.5. The molecule has 3 rings (SSSR count). The van der Waals surface area contributed by atoms with Gasteiger partial charge in [-0.2, -0.15) is 0 Å². The Hall–Kier alpha value is -2.09.